The average Bonchev–Trinajstić information content (AvgIpc) is 3.29. The van der Waals surface area contributed by atoms with Crippen molar-refractivity contribution >= 4 is 22.9 Å². The molecule has 4 rings (SSSR count). The Bertz CT molecular complexity index is 1370. The van der Waals surface area contributed by atoms with Crippen LogP contribution < -0.4 is 10.9 Å². The second kappa shape index (κ2) is 8.70. The van der Waals surface area contributed by atoms with Crippen LogP contribution in [-0.2, 0) is 12.6 Å². The minimum absolute atomic E-state index is 0.0159. The highest BCUT2D eigenvalue weighted by atomic mass is 32.1. The van der Waals surface area contributed by atoms with Crippen molar-refractivity contribution < 1.29 is 18.0 Å². The highest BCUT2D eigenvalue weighted by Crippen LogP contribution is 2.31. The number of alkyl halides is 3. The summed E-state index contributed by atoms with van der Waals surface area (Å²) < 4.78 is 40.1. The maximum Gasteiger partial charge on any atom is 0.416 e. The van der Waals surface area contributed by atoms with Crippen LogP contribution in [0.1, 0.15) is 37.7 Å². The standard InChI is InChI=1S/C23H19F3N4O2S/c1-13-18(11-15-7-4-3-5-8-15)21(32)30(29-13)22-27-14(2)19(33-22)20(31)28-17-10-6-9-16(12-17)23(24,25)26/h3-10,12,29H,11H2,1-2H3,(H,28,31). The largest absolute Gasteiger partial charge is 0.416 e. The van der Waals surface area contributed by atoms with Gasteiger partial charge in [0.25, 0.3) is 11.5 Å². The topological polar surface area (TPSA) is 79.8 Å². The highest BCUT2D eigenvalue weighted by Gasteiger charge is 2.30. The van der Waals surface area contributed by atoms with Gasteiger partial charge in [0.1, 0.15) is 4.88 Å². The smallest absolute Gasteiger partial charge is 0.321 e. The van der Waals surface area contributed by atoms with Crippen molar-refractivity contribution in [1.29, 1.82) is 0 Å². The van der Waals surface area contributed by atoms with Crippen LogP contribution in [0, 0.1) is 13.8 Å². The Balaban J connectivity index is 1.60. The van der Waals surface area contributed by atoms with Crippen molar-refractivity contribution in [2.75, 3.05) is 5.32 Å². The van der Waals surface area contributed by atoms with Gasteiger partial charge in [-0.2, -0.15) is 17.9 Å². The predicted octanol–water partition coefficient (Wildman–Crippen LogP) is 5.10. The SMILES string of the molecule is Cc1nc(-n2[nH]c(C)c(Cc3ccccc3)c2=O)sc1C(=O)Nc1cccc(C(F)(F)F)c1. The number of aromatic nitrogens is 3. The van der Waals surface area contributed by atoms with Crippen molar-refractivity contribution in [3.05, 3.63) is 97.9 Å². The van der Waals surface area contributed by atoms with Crippen LogP contribution >= 0.6 is 11.3 Å². The fraction of sp³-hybridized carbons (Fsp3) is 0.174. The summed E-state index contributed by atoms with van der Waals surface area (Å²) in [7, 11) is 0. The lowest BCUT2D eigenvalue weighted by Crippen LogP contribution is -2.17. The molecule has 4 aromatic rings. The van der Waals surface area contributed by atoms with E-state index in [1.165, 1.54) is 16.8 Å². The summed E-state index contributed by atoms with van der Waals surface area (Å²) in [5, 5.41) is 5.74. The number of benzene rings is 2. The number of carbonyl (C=O) groups is 1. The fourth-order valence-electron chi connectivity index (χ4n) is 3.37. The first-order valence-corrected chi connectivity index (χ1v) is 10.8. The summed E-state index contributed by atoms with van der Waals surface area (Å²) in [5.41, 5.74) is 1.51. The van der Waals surface area contributed by atoms with Crippen LogP contribution in [0.2, 0.25) is 0 Å². The number of nitrogens with zero attached hydrogens (tertiary/aromatic N) is 2. The molecule has 2 heterocycles. The zero-order valence-corrected chi connectivity index (χ0v) is 18.5. The Hall–Kier alpha value is -3.66. The van der Waals surface area contributed by atoms with E-state index >= 15 is 0 Å². The van der Waals surface area contributed by atoms with Crippen molar-refractivity contribution in [2.24, 2.45) is 0 Å². The maximum absolute atomic E-state index is 13.0. The van der Waals surface area contributed by atoms with Gasteiger partial charge >= 0.3 is 6.18 Å². The summed E-state index contributed by atoms with van der Waals surface area (Å²) >= 11 is 0.979. The molecule has 0 aliphatic heterocycles. The highest BCUT2D eigenvalue weighted by molar-refractivity contribution is 7.16. The second-order valence-electron chi connectivity index (χ2n) is 7.46. The van der Waals surface area contributed by atoms with E-state index in [1.54, 1.807) is 13.8 Å². The number of hydrogen-bond acceptors (Lipinski definition) is 4. The first kappa shape index (κ1) is 22.5. The van der Waals surface area contributed by atoms with Gasteiger partial charge in [-0.3, -0.25) is 14.7 Å². The normalized spacial score (nSPS) is 11.5. The molecule has 10 heteroatoms. The zero-order valence-electron chi connectivity index (χ0n) is 17.7. The summed E-state index contributed by atoms with van der Waals surface area (Å²) in [6.07, 6.45) is -4.07. The number of halogens is 3. The predicted molar refractivity (Wildman–Crippen MR) is 120 cm³/mol. The number of rotatable bonds is 5. The lowest BCUT2D eigenvalue weighted by molar-refractivity contribution is -0.137. The molecule has 2 aromatic carbocycles. The molecule has 6 nitrogen and oxygen atoms in total. The molecule has 0 atom stereocenters. The average molecular weight is 472 g/mol. The summed E-state index contributed by atoms with van der Waals surface area (Å²) in [6.45, 7) is 3.39. The van der Waals surface area contributed by atoms with Gasteiger partial charge in [0, 0.05) is 23.4 Å². The lowest BCUT2D eigenvalue weighted by atomic mass is 10.1. The van der Waals surface area contributed by atoms with Gasteiger partial charge in [-0.05, 0) is 37.6 Å². The van der Waals surface area contributed by atoms with Crippen LogP contribution in [0.15, 0.2) is 59.4 Å². The number of aryl methyl sites for hydroxylation is 2. The van der Waals surface area contributed by atoms with Gasteiger partial charge in [0.05, 0.1) is 11.3 Å². The molecule has 0 saturated heterocycles. The number of aromatic amines is 1. The second-order valence-corrected chi connectivity index (χ2v) is 8.44. The zero-order chi connectivity index (χ0) is 23.8. The lowest BCUT2D eigenvalue weighted by Gasteiger charge is -2.09. The summed E-state index contributed by atoms with van der Waals surface area (Å²) in [6, 6.07) is 13.9. The number of amides is 1. The minimum Gasteiger partial charge on any atom is -0.321 e. The molecule has 0 unspecified atom stereocenters. The molecule has 0 spiro atoms. The third-order valence-electron chi connectivity index (χ3n) is 5.05. The molecule has 0 bridgehead atoms. The quantitative estimate of drug-likeness (QED) is 0.424. The van der Waals surface area contributed by atoms with E-state index in [0.717, 1.165) is 29.0 Å². The van der Waals surface area contributed by atoms with E-state index in [0.29, 0.717) is 23.4 Å². The monoisotopic (exact) mass is 472 g/mol. The van der Waals surface area contributed by atoms with E-state index < -0.39 is 17.6 Å². The number of hydrogen-bond donors (Lipinski definition) is 2. The first-order chi connectivity index (χ1) is 15.6. The van der Waals surface area contributed by atoms with Gasteiger partial charge in [0.15, 0.2) is 0 Å². The summed E-state index contributed by atoms with van der Waals surface area (Å²) in [5.74, 6) is -0.601. The fourth-order valence-corrected chi connectivity index (χ4v) is 4.30. The number of anilines is 1. The van der Waals surface area contributed by atoms with Crippen LogP contribution in [0.4, 0.5) is 18.9 Å². The van der Waals surface area contributed by atoms with Crippen LogP contribution in [0.5, 0.6) is 0 Å². The number of H-pyrrole nitrogens is 1. The van der Waals surface area contributed by atoms with E-state index in [2.05, 4.69) is 15.4 Å². The molecule has 0 fully saturated rings. The third kappa shape index (κ3) is 4.75. The molecule has 0 aliphatic carbocycles. The summed E-state index contributed by atoms with van der Waals surface area (Å²) in [4.78, 5) is 30.3. The molecular formula is C23H19F3N4O2S. The van der Waals surface area contributed by atoms with Crippen molar-refractivity contribution in [1.82, 2.24) is 14.8 Å². The molecular weight excluding hydrogens is 453 g/mol. The van der Waals surface area contributed by atoms with Gasteiger partial charge in [-0.25, -0.2) is 4.98 Å². The molecule has 0 aliphatic rings. The minimum atomic E-state index is -4.52. The van der Waals surface area contributed by atoms with Crippen LogP contribution in [0.3, 0.4) is 0 Å². The number of nitrogens with one attached hydrogen (secondary N) is 2. The third-order valence-corrected chi connectivity index (χ3v) is 6.19. The molecule has 2 N–H and O–H groups in total. The number of carbonyl (C=O) groups excluding carboxylic acids is 1. The Morgan fingerprint density at radius 2 is 1.85 bits per heavy atom. The van der Waals surface area contributed by atoms with E-state index in [1.807, 2.05) is 30.3 Å². The molecule has 0 saturated carbocycles. The molecule has 33 heavy (non-hydrogen) atoms. The molecule has 2 aromatic heterocycles. The van der Waals surface area contributed by atoms with Crippen molar-refractivity contribution in [3.63, 3.8) is 0 Å². The molecule has 1 amide bonds. The molecule has 0 radical (unpaired) electrons. The Kier molecular flexibility index (Phi) is 5.94. The van der Waals surface area contributed by atoms with Gasteiger partial charge in [-0.15, -0.1) is 0 Å². The van der Waals surface area contributed by atoms with Gasteiger partial charge in [-0.1, -0.05) is 47.7 Å². The van der Waals surface area contributed by atoms with E-state index in [-0.39, 0.29) is 21.3 Å². The Morgan fingerprint density at radius 3 is 2.55 bits per heavy atom. The Labute approximate surface area is 190 Å². The maximum atomic E-state index is 13.0. The van der Waals surface area contributed by atoms with E-state index in [4.69, 9.17) is 0 Å². The first-order valence-electron chi connectivity index (χ1n) is 9.94. The van der Waals surface area contributed by atoms with Gasteiger partial charge in [0.2, 0.25) is 5.13 Å². The van der Waals surface area contributed by atoms with Crippen LogP contribution in [0.25, 0.3) is 5.13 Å². The van der Waals surface area contributed by atoms with E-state index in [9.17, 15) is 22.8 Å². The Morgan fingerprint density at radius 1 is 1.12 bits per heavy atom. The van der Waals surface area contributed by atoms with Gasteiger partial charge < -0.3 is 5.32 Å². The molecule has 170 valence electrons. The number of thiazole rings is 1. The van der Waals surface area contributed by atoms with Crippen LogP contribution in [-0.4, -0.2) is 20.7 Å². The van der Waals surface area contributed by atoms with Crippen molar-refractivity contribution in [2.45, 2.75) is 26.4 Å². The van der Waals surface area contributed by atoms with Crippen molar-refractivity contribution in [3.8, 4) is 5.13 Å².